The molecule has 0 spiro atoms. The summed E-state index contributed by atoms with van der Waals surface area (Å²) in [5.74, 6) is -0.134. The summed E-state index contributed by atoms with van der Waals surface area (Å²) in [5, 5.41) is 14.5. The quantitative estimate of drug-likeness (QED) is 0.155. The Kier molecular flexibility index (Phi) is 9.30. The van der Waals surface area contributed by atoms with Crippen LogP contribution >= 0.6 is 11.8 Å². The molecule has 1 unspecified atom stereocenters. The first-order valence-corrected chi connectivity index (χ1v) is 15.1. The topological polar surface area (TPSA) is 133 Å². The second kappa shape index (κ2) is 12.6. The van der Waals surface area contributed by atoms with E-state index < -0.39 is 23.7 Å². The van der Waals surface area contributed by atoms with E-state index in [0.717, 1.165) is 18.5 Å². The van der Waals surface area contributed by atoms with Gasteiger partial charge in [-0.2, -0.15) is 10.4 Å². The molecule has 1 aliphatic carbocycles. The van der Waals surface area contributed by atoms with Gasteiger partial charge in [0, 0.05) is 19.6 Å². The number of amides is 1. The molecule has 224 valence electrons. The number of aromatic nitrogens is 2. The number of hydrogen-bond donors (Lipinski definition) is 1. The van der Waals surface area contributed by atoms with Gasteiger partial charge in [-0.15, -0.1) is 0 Å². The first-order chi connectivity index (χ1) is 19.9. The third-order valence-corrected chi connectivity index (χ3v) is 7.73. The van der Waals surface area contributed by atoms with E-state index in [-0.39, 0.29) is 17.5 Å². The number of hydrazone groups is 1. The Morgan fingerprint density at radius 3 is 2.69 bits per heavy atom. The van der Waals surface area contributed by atoms with Crippen molar-refractivity contribution in [1.29, 1.82) is 5.26 Å². The Morgan fingerprint density at radius 2 is 2.02 bits per heavy atom. The predicted octanol–water partition coefficient (Wildman–Crippen LogP) is 4.90. The first kappa shape index (κ1) is 31.1. The highest BCUT2D eigenvalue weighted by Gasteiger charge is 2.35. The summed E-state index contributed by atoms with van der Waals surface area (Å²) >= 11 is 1.30. The second-order valence-corrected chi connectivity index (χ2v) is 13.0. The maximum absolute atomic E-state index is 12.9. The summed E-state index contributed by atoms with van der Waals surface area (Å²) in [6.45, 7) is 11.0. The van der Waals surface area contributed by atoms with Gasteiger partial charge in [0.1, 0.15) is 11.4 Å². The van der Waals surface area contributed by atoms with Crippen molar-refractivity contribution in [3.05, 3.63) is 40.6 Å². The number of ether oxygens (including phenoxy) is 2. The molecule has 11 nitrogen and oxygen atoms in total. The molecule has 2 heterocycles. The fraction of sp³-hybridized carbons (Fsp3) is 0.533. The van der Waals surface area contributed by atoms with Crippen LogP contribution in [0, 0.1) is 16.7 Å². The molecule has 1 fully saturated rings. The molecule has 0 radical (unpaired) electrons. The van der Waals surface area contributed by atoms with Crippen molar-refractivity contribution < 1.29 is 19.1 Å². The minimum absolute atomic E-state index is 0.0863. The van der Waals surface area contributed by atoms with E-state index >= 15 is 0 Å². The molecule has 1 aromatic heterocycles. The van der Waals surface area contributed by atoms with E-state index in [9.17, 15) is 14.9 Å². The zero-order valence-corrected chi connectivity index (χ0v) is 26.2. The molecular weight excluding hydrogens is 554 g/mol. The summed E-state index contributed by atoms with van der Waals surface area (Å²) in [4.78, 5) is 38.6. The highest BCUT2D eigenvalue weighted by Crippen LogP contribution is 2.39. The summed E-state index contributed by atoms with van der Waals surface area (Å²) in [6, 6.07) is 7.91. The minimum Gasteiger partial charge on any atom is -0.464 e. The smallest absolute Gasteiger partial charge is 0.410 e. The Balaban J connectivity index is 1.68. The van der Waals surface area contributed by atoms with Crippen molar-refractivity contribution in [3.63, 3.8) is 0 Å². The number of hydrogen-bond acceptors (Lipinski definition) is 11. The average molecular weight is 594 g/mol. The number of nitriles is 1. The predicted molar refractivity (Wildman–Crippen MR) is 163 cm³/mol. The van der Waals surface area contributed by atoms with Crippen LogP contribution in [0.2, 0.25) is 0 Å². The Bertz CT molecular complexity index is 1410. The van der Waals surface area contributed by atoms with Crippen LogP contribution in [-0.2, 0) is 22.3 Å². The third kappa shape index (κ3) is 7.13. The summed E-state index contributed by atoms with van der Waals surface area (Å²) in [6.07, 6.45) is 4.96. The van der Waals surface area contributed by atoms with Gasteiger partial charge >= 0.3 is 12.1 Å². The molecule has 1 amide bonds. The minimum atomic E-state index is -0.661. The van der Waals surface area contributed by atoms with Gasteiger partial charge in [-0.05, 0) is 62.5 Å². The van der Waals surface area contributed by atoms with Gasteiger partial charge in [0.2, 0.25) is 0 Å². The zero-order chi connectivity index (χ0) is 30.7. The molecule has 12 heteroatoms. The number of carbonyl (C=O) groups excluding carboxylic acids is 2. The van der Waals surface area contributed by atoms with Crippen molar-refractivity contribution >= 4 is 41.5 Å². The van der Waals surface area contributed by atoms with E-state index in [1.165, 1.54) is 30.0 Å². The summed E-state index contributed by atoms with van der Waals surface area (Å²) in [7, 11) is 1.31. The molecule has 2 aromatic rings. The van der Waals surface area contributed by atoms with Crippen LogP contribution in [0.25, 0.3) is 0 Å². The van der Waals surface area contributed by atoms with Gasteiger partial charge in [-0.1, -0.05) is 37.7 Å². The summed E-state index contributed by atoms with van der Waals surface area (Å²) in [5.41, 5.74) is 6.62. The molecule has 42 heavy (non-hydrogen) atoms. The van der Waals surface area contributed by atoms with E-state index in [1.54, 1.807) is 11.1 Å². The van der Waals surface area contributed by atoms with Crippen molar-refractivity contribution in [2.75, 3.05) is 43.3 Å². The number of nitrogens with one attached hydrogen (secondary N) is 1. The van der Waals surface area contributed by atoms with Crippen LogP contribution in [-0.4, -0.2) is 77.8 Å². The number of carbonyl (C=O) groups is 2. The number of benzene rings is 1. The van der Waals surface area contributed by atoms with Crippen LogP contribution in [0.1, 0.15) is 68.2 Å². The molecular formula is C30H39N7O4S. The van der Waals surface area contributed by atoms with E-state index in [2.05, 4.69) is 41.5 Å². The maximum atomic E-state index is 12.9. The van der Waals surface area contributed by atoms with Crippen molar-refractivity contribution in [2.45, 2.75) is 70.7 Å². The number of nitrogens with zero attached hydrogens (tertiary/aromatic N) is 6. The fourth-order valence-corrected chi connectivity index (χ4v) is 5.73. The van der Waals surface area contributed by atoms with Gasteiger partial charge in [0.15, 0.2) is 10.9 Å². The maximum Gasteiger partial charge on any atom is 0.410 e. The summed E-state index contributed by atoms with van der Waals surface area (Å²) < 4.78 is 10.7. The number of fused-ring (bicyclic) bond motifs is 1. The van der Waals surface area contributed by atoms with Gasteiger partial charge in [0.05, 0.1) is 43.1 Å². The Hall–Kier alpha value is -3.85. The molecule has 1 aromatic carbocycles. The van der Waals surface area contributed by atoms with E-state index in [0.29, 0.717) is 36.2 Å². The molecule has 1 N–H and O–H groups in total. The number of rotatable bonds is 7. The standard InChI is InChI=1S/C30H39N7O4S/c1-29(2,3)41-28(39)37-14-13-36(18-20(37)11-12-31)25-22(24(26(38)40-6)33-27(34-25)42-7)17-32-35-23-10-8-9-19-15-30(4,5)16-21(19)23/h8-10,17,20,35H,11,13-16,18H2,1-7H3/b32-17+. The van der Waals surface area contributed by atoms with Crippen molar-refractivity contribution in [3.8, 4) is 6.07 Å². The number of thioether (sulfide) groups is 1. The molecule has 1 saturated heterocycles. The lowest BCUT2D eigenvalue weighted by Crippen LogP contribution is -2.56. The monoisotopic (exact) mass is 593 g/mol. The van der Waals surface area contributed by atoms with Crippen LogP contribution < -0.4 is 10.3 Å². The van der Waals surface area contributed by atoms with Crippen molar-refractivity contribution in [2.24, 2.45) is 10.5 Å². The zero-order valence-electron chi connectivity index (χ0n) is 25.4. The fourth-order valence-electron chi connectivity index (χ4n) is 5.37. The number of anilines is 2. The first-order valence-electron chi connectivity index (χ1n) is 13.9. The Labute approximate surface area is 251 Å². The van der Waals surface area contributed by atoms with Gasteiger partial charge in [-0.25, -0.2) is 19.6 Å². The van der Waals surface area contributed by atoms with Crippen LogP contribution in [0.5, 0.6) is 0 Å². The molecule has 4 rings (SSSR count). The molecule has 0 saturated carbocycles. The van der Waals surface area contributed by atoms with Crippen molar-refractivity contribution in [1.82, 2.24) is 14.9 Å². The SMILES string of the molecule is COC(=O)c1nc(SC)nc(N2CCN(C(=O)OC(C)(C)C)C(CC#N)C2)c1/C=N/Nc1cccc2c1CC(C)(C)C2. The van der Waals surface area contributed by atoms with Gasteiger partial charge in [0.25, 0.3) is 0 Å². The largest absolute Gasteiger partial charge is 0.464 e. The number of methoxy groups -OCH3 is 1. The van der Waals surface area contributed by atoms with E-state index in [1.807, 2.05) is 44.1 Å². The lowest BCUT2D eigenvalue weighted by atomic mass is 9.90. The molecule has 2 aliphatic rings. The van der Waals surface area contributed by atoms with Gasteiger partial charge < -0.3 is 19.3 Å². The third-order valence-electron chi connectivity index (χ3n) is 7.18. The van der Waals surface area contributed by atoms with Crippen LogP contribution in [0.15, 0.2) is 28.5 Å². The van der Waals surface area contributed by atoms with E-state index in [4.69, 9.17) is 14.5 Å². The highest BCUT2D eigenvalue weighted by atomic mass is 32.2. The number of piperazine rings is 1. The molecule has 0 bridgehead atoms. The second-order valence-electron chi connectivity index (χ2n) is 12.3. The Morgan fingerprint density at radius 1 is 1.26 bits per heavy atom. The molecule has 1 atom stereocenters. The van der Waals surface area contributed by atoms with Crippen LogP contribution in [0.4, 0.5) is 16.3 Å². The average Bonchev–Trinajstić information content (AvgIpc) is 3.26. The number of esters is 1. The normalized spacial score (nSPS) is 18.0. The van der Waals surface area contributed by atoms with Gasteiger partial charge in [-0.3, -0.25) is 5.43 Å². The lowest BCUT2D eigenvalue weighted by Gasteiger charge is -2.41. The highest BCUT2D eigenvalue weighted by molar-refractivity contribution is 7.98. The lowest BCUT2D eigenvalue weighted by molar-refractivity contribution is 0.0144. The van der Waals surface area contributed by atoms with Crippen LogP contribution in [0.3, 0.4) is 0 Å². The molecule has 1 aliphatic heterocycles.